The summed E-state index contributed by atoms with van der Waals surface area (Å²) in [6.45, 7) is 2.07. The molecule has 0 aliphatic carbocycles. The molecule has 0 unspecified atom stereocenters. The van der Waals surface area contributed by atoms with Gasteiger partial charge in [0.1, 0.15) is 0 Å². The molecule has 0 radical (unpaired) electrons. The van der Waals surface area contributed by atoms with Crippen molar-refractivity contribution in [2.45, 2.75) is 25.8 Å². The first-order chi connectivity index (χ1) is 9.58. The predicted molar refractivity (Wildman–Crippen MR) is 77.4 cm³/mol. The quantitative estimate of drug-likeness (QED) is 0.582. The van der Waals surface area contributed by atoms with E-state index in [-0.39, 0.29) is 25.0 Å². The minimum absolute atomic E-state index is 0.102. The Labute approximate surface area is 118 Å². The SMILES string of the molecule is CCC[C@H](N)C(=O)Nc1ccc(C(=O)NCCO)cc1. The Morgan fingerprint density at radius 1 is 1.30 bits per heavy atom. The molecule has 0 spiro atoms. The molecule has 6 nitrogen and oxygen atoms in total. The van der Waals surface area contributed by atoms with Crippen LogP contribution in [0.5, 0.6) is 0 Å². The maximum Gasteiger partial charge on any atom is 0.251 e. The number of anilines is 1. The maximum absolute atomic E-state index is 11.7. The fraction of sp³-hybridized carbons (Fsp3) is 0.429. The molecule has 6 heteroatoms. The summed E-state index contributed by atoms with van der Waals surface area (Å²) in [5.74, 6) is -0.496. The van der Waals surface area contributed by atoms with E-state index in [0.717, 1.165) is 6.42 Å². The third-order valence-corrected chi connectivity index (χ3v) is 2.75. The predicted octanol–water partition coefficient (Wildman–Crippen LogP) is 0.475. The van der Waals surface area contributed by atoms with Crippen LogP contribution in [0.4, 0.5) is 5.69 Å². The molecule has 1 rings (SSSR count). The molecule has 2 amide bonds. The molecule has 5 N–H and O–H groups in total. The van der Waals surface area contributed by atoms with E-state index in [0.29, 0.717) is 17.7 Å². The van der Waals surface area contributed by atoms with Crippen LogP contribution in [0.3, 0.4) is 0 Å². The van der Waals surface area contributed by atoms with E-state index in [1.165, 1.54) is 0 Å². The van der Waals surface area contributed by atoms with Gasteiger partial charge in [0.2, 0.25) is 5.91 Å². The summed E-state index contributed by atoms with van der Waals surface area (Å²) in [5, 5.41) is 13.9. The first-order valence-corrected chi connectivity index (χ1v) is 6.64. The zero-order valence-corrected chi connectivity index (χ0v) is 11.6. The zero-order chi connectivity index (χ0) is 15.0. The van der Waals surface area contributed by atoms with E-state index in [1.807, 2.05) is 6.92 Å². The normalized spacial score (nSPS) is 11.8. The molecule has 0 aromatic heterocycles. The fourth-order valence-electron chi connectivity index (χ4n) is 1.65. The van der Waals surface area contributed by atoms with Crippen LogP contribution >= 0.6 is 0 Å². The van der Waals surface area contributed by atoms with Crippen LogP contribution in [0.15, 0.2) is 24.3 Å². The molecular formula is C14H21N3O3. The molecule has 1 aromatic carbocycles. The van der Waals surface area contributed by atoms with Gasteiger partial charge >= 0.3 is 0 Å². The summed E-state index contributed by atoms with van der Waals surface area (Å²) in [6.07, 6.45) is 1.48. The van der Waals surface area contributed by atoms with Gasteiger partial charge in [-0.05, 0) is 30.7 Å². The second kappa shape index (κ2) is 8.29. The van der Waals surface area contributed by atoms with Gasteiger partial charge in [-0.2, -0.15) is 0 Å². The molecule has 0 saturated heterocycles. The number of benzene rings is 1. The molecule has 0 aliphatic rings. The second-order valence-electron chi connectivity index (χ2n) is 4.44. The molecule has 0 bridgehead atoms. The lowest BCUT2D eigenvalue weighted by Gasteiger charge is -2.11. The van der Waals surface area contributed by atoms with Gasteiger partial charge in [0.05, 0.1) is 12.6 Å². The molecule has 0 saturated carbocycles. The summed E-state index contributed by atoms with van der Waals surface area (Å²) in [6, 6.07) is 5.98. The minimum atomic E-state index is -0.521. The van der Waals surface area contributed by atoms with Gasteiger partial charge in [0.25, 0.3) is 5.91 Å². The number of nitrogens with two attached hydrogens (primary N) is 1. The molecule has 1 atom stereocenters. The summed E-state index contributed by atoms with van der Waals surface area (Å²) < 4.78 is 0. The average Bonchev–Trinajstić information content (AvgIpc) is 2.45. The van der Waals surface area contributed by atoms with Crippen LogP contribution in [0.1, 0.15) is 30.1 Å². The van der Waals surface area contributed by atoms with E-state index in [4.69, 9.17) is 10.8 Å². The minimum Gasteiger partial charge on any atom is -0.395 e. The number of amides is 2. The highest BCUT2D eigenvalue weighted by molar-refractivity contribution is 5.97. The molecule has 0 fully saturated rings. The van der Waals surface area contributed by atoms with Crippen LogP contribution < -0.4 is 16.4 Å². The smallest absolute Gasteiger partial charge is 0.251 e. The number of hydrogen-bond donors (Lipinski definition) is 4. The molecule has 0 heterocycles. The Kier molecular flexibility index (Phi) is 6.69. The lowest BCUT2D eigenvalue weighted by molar-refractivity contribution is -0.117. The third kappa shape index (κ3) is 4.99. The van der Waals surface area contributed by atoms with Gasteiger partial charge in [-0.3, -0.25) is 9.59 Å². The largest absolute Gasteiger partial charge is 0.395 e. The van der Waals surface area contributed by atoms with Gasteiger partial charge in [-0.15, -0.1) is 0 Å². The van der Waals surface area contributed by atoms with E-state index in [2.05, 4.69) is 10.6 Å². The fourth-order valence-corrected chi connectivity index (χ4v) is 1.65. The van der Waals surface area contributed by atoms with Crippen molar-refractivity contribution >= 4 is 17.5 Å². The Balaban J connectivity index is 2.58. The van der Waals surface area contributed by atoms with E-state index in [1.54, 1.807) is 24.3 Å². The van der Waals surface area contributed by atoms with Gasteiger partial charge in [0, 0.05) is 17.8 Å². The van der Waals surface area contributed by atoms with Crippen molar-refractivity contribution in [3.05, 3.63) is 29.8 Å². The first-order valence-electron chi connectivity index (χ1n) is 6.64. The topological polar surface area (TPSA) is 104 Å². The summed E-state index contributed by atoms with van der Waals surface area (Å²) in [7, 11) is 0. The lowest BCUT2D eigenvalue weighted by atomic mass is 10.1. The van der Waals surface area contributed by atoms with Gasteiger partial charge in [-0.1, -0.05) is 13.3 Å². The van der Waals surface area contributed by atoms with Crippen molar-refractivity contribution in [1.82, 2.24) is 5.32 Å². The summed E-state index contributed by atoms with van der Waals surface area (Å²) in [5.41, 5.74) is 6.77. The highest BCUT2D eigenvalue weighted by Gasteiger charge is 2.12. The van der Waals surface area contributed by atoms with E-state index < -0.39 is 6.04 Å². The third-order valence-electron chi connectivity index (χ3n) is 2.75. The van der Waals surface area contributed by atoms with Crippen molar-refractivity contribution in [3.63, 3.8) is 0 Å². The number of carbonyl (C=O) groups excluding carboxylic acids is 2. The number of aliphatic hydroxyl groups excluding tert-OH is 1. The monoisotopic (exact) mass is 279 g/mol. The van der Waals surface area contributed by atoms with Crippen LogP contribution in [0.25, 0.3) is 0 Å². The maximum atomic E-state index is 11.7. The van der Waals surface area contributed by atoms with Gasteiger partial charge < -0.3 is 21.5 Å². The molecular weight excluding hydrogens is 258 g/mol. The highest BCUT2D eigenvalue weighted by Crippen LogP contribution is 2.10. The van der Waals surface area contributed by atoms with Gasteiger partial charge in [-0.25, -0.2) is 0 Å². The molecule has 1 aromatic rings. The molecule has 110 valence electrons. The zero-order valence-electron chi connectivity index (χ0n) is 11.6. The molecule has 20 heavy (non-hydrogen) atoms. The Morgan fingerprint density at radius 2 is 1.95 bits per heavy atom. The van der Waals surface area contributed by atoms with Crippen LogP contribution in [-0.2, 0) is 4.79 Å². The van der Waals surface area contributed by atoms with Crippen molar-refractivity contribution in [3.8, 4) is 0 Å². The second-order valence-corrected chi connectivity index (χ2v) is 4.44. The standard InChI is InChI=1S/C14H21N3O3/c1-2-3-12(15)14(20)17-11-6-4-10(5-7-11)13(19)16-8-9-18/h4-7,12,18H,2-3,8-9,15H2,1H3,(H,16,19)(H,17,20)/t12-/m0/s1. The first kappa shape index (κ1) is 16.1. The summed E-state index contributed by atoms with van der Waals surface area (Å²) >= 11 is 0. The number of carbonyl (C=O) groups is 2. The lowest BCUT2D eigenvalue weighted by Crippen LogP contribution is -2.35. The summed E-state index contributed by atoms with van der Waals surface area (Å²) in [4.78, 5) is 23.3. The van der Waals surface area contributed by atoms with Crippen LogP contribution in [0.2, 0.25) is 0 Å². The van der Waals surface area contributed by atoms with Crippen LogP contribution in [0, 0.1) is 0 Å². The van der Waals surface area contributed by atoms with E-state index >= 15 is 0 Å². The van der Waals surface area contributed by atoms with Crippen molar-refractivity contribution in [2.24, 2.45) is 5.73 Å². The Bertz CT molecular complexity index is 445. The van der Waals surface area contributed by atoms with E-state index in [9.17, 15) is 9.59 Å². The Morgan fingerprint density at radius 3 is 2.50 bits per heavy atom. The van der Waals surface area contributed by atoms with Crippen molar-refractivity contribution in [2.75, 3.05) is 18.5 Å². The average molecular weight is 279 g/mol. The van der Waals surface area contributed by atoms with Crippen molar-refractivity contribution in [1.29, 1.82) is 0 Å². The number of aliphatic hydroxyl groups is 1. The number of rotatable bonds is 7. The number of nitrogens with one attached hydrogen (secondary N) is 2. The van der Waals surface area contributed by atoms with Crippen molar-refractivity contribution < 1.29 is 14.7 Å². The molecule has 0 aliphatic heterocycles. The Hall–Kier alpha value is -1.92. The highest BCUT2D eigenvalue weighted by atomic mass is 16.3. The van der Waals surface area contributed by atoms with Gasteiger partial charge in [0.15, 0.2) is 0 Å². The number of hydrogen-bond acceptors (Lipinski definition) is 4. The van der Waals surface area contributed by atoms with Crippen LogP contribution in [-0.4, -0.2) is 36.1 Å².